The third-order valence-corrected chi connectivity index (χ3v) is 25.0. The normalized spacial score (nSPS) is 25.3. The second-order valence-electron chi connectivity index (χ2n) is 31.9. The van der Waals surface area contributed by atoms with Gasteiger partial charge < -0.3 is 110 Å². The van der Waals surface area contributed by atoms with Crippen LogP contribution in [0, 0.1) is 5.92 Å². The number of para-hydroxylation sites is 1. The van der Waals surface area contributed by atoms with Crippen LogP contribution in [0.25, 0.3) is 21.0 Å². The molecule has 19 N–H and O–H groups in total. The number of nitrogens with one attached hydrogen (secondary N) is 11. The molecule has 125 heavy (non-hydrogen) atoms. The first kappa shape index (κ1) is 99.0. The van der Waals surface area contributed by atoms with E-state index in [9.17, 15) is 63.0 Å². The number of aromatic amines is 1. The van der Waals surface area contributed by atoms with Crippen molar-refractivity contribution in [1.29, 1.82) is 0 Å². The van der Waals surface area contributed by atoms with Crippen LogP contribution >= 0.6 is 34.9 Å². The zero-order valence-corrected chi connectivity index (χ0v) is 74.1. The van der Waals surface area contributed by atoms with Crippen molar-refractivity contribution in [3.63, 3.8) is 0 Å². The monoisotopic (exact) mass is 1790 g/mol. The standard InChI is InChI=1S/C84H117N19O19S3/c1-10-11-21-63-77(115)90-46(4)71(109)98-62(73(111)89-40-69(87)107)43-124-44-70(108)91-57(34-48-25-27-51(105)28-26-48)80(118)99(6)47(5)72(110)93-59(37-68(86)106)83(121)103-31-17-23-65(103)79(117)96-60(38-85)75(113)94-56(33-45(2)3)82(120)102-30-16-22-64(102)78(116)92-55(35-49-39-88-54-20-14-12-18-52(49)54)74(112)97-61(41-104)76(114)95-58(36-50-42-125-67-24-15-13-19-53(50)67)81(119)101(8)66(29-32-123-9)84(122)100(63)7/h12-15,18-20,24-28,39,42,45-47,55-66,88,104-105H,10-11,16-17,21-23,29-38,40-41,43-44,85H2,1-9H3,(H2,86,106)(H2,87,107)(H,89,111)(H,90,115)(H,91,108)(H,92,116)(H,93,110)(H,94,113)(H,95,114)(H,96,117)(H,97,112)(H,98,109)/t46-,47-,55-,56-,57-,58-,59-,60-,61-,62?,63-,64?,65-,66-/m0/s1. The summed E-state index contributed by atoms with van der Waals surface area (Å²) in [6.07, 6.45) is 3.51. The number of phenolic OH excluding ortho intramolecular Hbond substituents is 1. The molecule has 3 aliphatic rings. The zero-order chi connectivity index (χ0) is 91.6. The molecule has 14 atom stereocenters. The number of aliphatic hydroxyl groups is 1. The number of amides is 17. The summed E-state index contributed by atoms with van der Waals surface area (Å²) in [6.45, 7) is 5.65. The summed E-state index contributed by atoms with van der Waals surface area (Å²) in [4.78, 5) is 254. The summed E-state index contributed by atoms with van der Waals surface area (Å²) in [7, 11) is 3.96. The minimum Gasteiger partial charge on any atom is -0.508 e. The molecule has 3 aromatic carbocycles. The number of benzene rings is 3. The number of thioether (sulfide) groups is 2. The Kier molecular flexibility index (Phi) is 37.3. The molecule has 3 fully saturated rings. The smallest absolute Gasteiger partial charge is 0.246 e. The summed E-state index contributed by atoms with van der Waals surface area (Å²) < 4.78 is 0.836. The van der Waals surface area contributed by atoms with Crippen molar-refractivity contribution in [2.75, 3.05) is 77.4 Å². The Balaban J connectivity index is 1.15. The lowest BCUT2D eigenvalue weighted by Crippen LogP contribution is -2.62. The summed E-state index contributed by atoms with van der Waals surface area (Å²) >= 11 is 3.51. The number of nitrogens with zero attached hydrogens (tertiary/aromatic N) is 5. The number of aromatic hydroxyl groups is 1. The van der Waals surface area contributed by atoms with E-state index in [1.807, 2.05) is 25.1 Å². The number of hydrogen-bond donors (Lipinski definition) is 16. The van der Waals surface area contributed by atoms with Crippen LogP contribution in [0.15, 0.2) is 84.4 Å². The number of primary amides is 2. The first-order valence-electron chi connectivity index (χ1n) is 41.6. The van der Waals surface area contributed by atoms with Crippen molar-refractivity contribution < 1.29 is 91.7 Å². The molecule has 0 bridgehead atoms. The summed E-state index contributed by atoms with van der Waals surface area (Å²) in [5.74, 6) is -16.2. The number of fused-ring (bicyclic) bond motifs is 4. The van der Waals surface area contributed by atoms with Crippen molar-refractivity contribution in [2.24, 2.45) is 23.1 Å². The van der Waals surface area contributed by atoms with Crippen LogP contribution < -0.4 is 70.4 Å². The molecular formula is C84H117N19O19S3. The third-order valence-electron chi connectivity index (χ3n) is 22.3. The van der Waals surface area contributed by atoms with Gasteiger partial charge in [-0.05, 0) is 128 Å². The van der Waals surface area contributed by atoms with Crippen LogP contribution in [0.4, 0.5) is 0 Å². The molecule has 8 rings (SSSR count). The molecule has 2 aromatic heterocycles. The molecule has 38 nitrogen and oxygen atoms in total. The number of likely N-dealkylation sites (N-methyl/N-ethyl adjacent to an activating group) is 3. The SMILES string of the molecule is CCCC[C@H]1C(=O)N[C@@H](C)C(=O)NC(C(=O)NCC(N)=O)CSCC(=O)N[C@@H](Cc2ccc(O)cc2)C(=O)N(C)[C@@H](C)C(=O)N[C@@H](CC(N)=O)C(=O)N2CCC[C@H]2C(=O)N[C@@H](CN)C(=O)N[C@@H](CC(C)C)C(=O)N2CCCC2C(=O)N[C@@H](Cc2c[nH]c3ccccc23)C(=O)N[C@@H](CO)C(=O)N[C@@H](Cc2csc3ccccc23)C(=O)N(C)[C@@H](CCSC)C(=O)N1C. The second kappa shape index (κ2) is 47.1. The van der Waals surface area contributed by atoms with Gasteiger partial charge in [0.05, 0.1) is 25.3 Å². The van der Waals surface area contributed by atoms with E-state index in [1.165, 1.54) is 87.3 Å². The first-order valence-corrected chi connectivity index (χ1v) is 45.1. The average molecular weight is 1790 g/mol. The molecule has 41 heteroatoms. The van der Waals surface area contributed by atoms with Gasteiger partial charge in [-0.25, -0.2) is 0 Å². The van der Waals surface area contributed by atoms with Crippen molar-refractivity contribution in [3.8, 4) is 5.75 Å². The van der Waals surface area contributed by atoms with E-state index in [-0.39, 0.29) is 94.7 Å². The number of phenols is 1. The number of thiophene rings is 1. The molecule has 0 spiro atoms. The fraction of sp³-hybridized carbons (Fsp3) is 0.536. The van der Waals surface area contributed by atoms with Crippen molar-refractivity contribution in [3.05, 3.63) is 101 Å². The highest BCUT2D eigenvalue weighted by Crippen LogP contribution is 2.30. The number of rotatable bonds is 21. The Morgan fingerprint density at radius 3 is 1.76 bits per heavy atom. The van der Waals surface area contributed by atoms with Gasteiger partial charge in [-0.15, -0.1) is 23.1 Å². The minimum atomic E-state index is -1.82. The van der Waals surface area contributed by atoms with Crippen LogP contribution in [0.1, 0.15) is 116 Å². The molecule has 2 unspecified atom stereocenters. The predicted octanol–water partition coefficient (Wildman–Crippen LogP) is -1.85. The molecule has 3 aliphatic heterocycles. The maximum absolute atomic E-state index is 15.6. The lowest BCUT2D eigenvalue weighted by atomic mass is 10.0. The Labute approximate surface area is 736 Å². The van der Waals surface area contributed by atoms with E-state index in [0.29, 0.717) is 46.2 Å². The lowest BCUT2D eigenvalue weighted by Gasteiger charge is -2.36. The molecule has 5 heterocycles. The highest BCUT2D eigenvalue weighted by Gasteiger charge is 2.45. The largest absolute Gasteiger partial charge is 0.508 e. The molecule has 0 aliphatic carbocycles. The first-order chi connectivity index (χ1) is 59.5. The topological polar surface area (TPSA) is 561 Å². The maximum Gasteiger partial charge on any atom is 0.246 e. The van der Waals surface area contributed by atoms with E-state index >= 15 is 28.8 Å². The van der Waals surface area contributed by atoms with Gasteiger partial charge in [-0.3, -0.25) is 81.5 Å². The zero-order valence-electron chi connectivity index (χ0n) is 71.6. The van der Waals surface area contributed by atoms with Crippen molar-refractivity contribution >= 4 is 156 Å². The van der Waals surface area contributed by atoms with Crippen LogP contribution in [0.2, 0.25) is 0 Å². The Morgan fingerprint density at radius 2 is 1.14 bits per heavy atom. The van der Waals surface area contributed by atoms with Gasteiger partial charge in [0.15, 0.2) is 0 Å². The number of aliphatic hydroxyl groups excluding tert-OH is 1. The van der Waals surface area contributed by atoms with Gasteiger partial charge in [0.1, 0.15) is 90.3 Å². The lowest BCUT2D eigenvalue weighted by molar-refractivity contribution is -0.149. The van der Waals surface area contributed by atoms with Gasteiger partial charge in [-0.2, -0.15) is 11.8 Å². The van der Waals surface area contributed by atoms with Gasteiger partial charge >= 0.3 is 0 Å². The highest BCUT2D eigenvalue weighted by molar-refractivity contribution is 8.00. The third kappa shape index (κ3) is 27.0. The number of H-pyrrole nitrogens is 1. The van der Waals surface area contributed by atoms with Crippen LogP contribution in [0.5, 0.6) is 5.75 Å². The molecule has 17 amide bonds. The Bertz CT molecular complexity index is 4720. The number of carbonyl (C=O) groups excluding carboxylic acids is 17. The quantitative estimate of drug-likeness (QED) is 0.0383. The van der Waals surface area contributed by atoms with Crippen LogP contribution in [-0.4, -0.2) is 302 Å². The molecule has 0 saturated carbocycles. The van der Waals surface area contributed by atoms with Crippen LogP contribution in [-0.2, 0) is 101 Å². The fourth-order valence-electron chi connectivity index (χ4n) is 15.2. The minimum absolute atomic E-state index is 0.00331. The van der Waals surface area contributed by atoms with Gasteiger partial charge in [-0.1, -0.05) is 82.1 Å². The molecular weight excluding hydrogens is 1680 g/mol. The van der Waals surface area contributed by atoms with E-state index in [4.69, 9.17) is 17.2 Å². The maximum atomic E-state index is 15.6. The Hall–Kier alpha value is -11.4. The average Bonchev–Trinajstić information content (AvgIpc) is 1.75. The van der Waals surface area contributed by atoms with Gasteiger partial charge in [0.25, 0.3) is 0 Å². The molecule has 0 radical (unpaired) electrons. The molecule has 3 saturated heterocycles. The molecule has 680 valence electrons. The predicted molar refractivity (Wildman–Crippen MR) is 469 cm³/mol. The van der Waals surface area contributed by atoms with Crippen LogP contribution in [0.3, 0.4) is 0 Å². The van der Waals surface area contributed by atoms with Crippen molar-refractivity contribution in [1.82, 2.24) is 82.7 Å². The number of hydrogen-bond acceptors (Lipinski definition) is 23. The fourth-order valence-corrected chi connectivity index (χ4v) is 17.5. The van der Waals surface area contributed by atoms with Gasteiger partial charge in [0, 0.05) is 87.6 Å². The van der Waals surface area contributed by atoms with E-state index in [0.717, 1.165) is 41.4 Å². The Morgan fingerprint density at radius 1 is 0.576 bits per heavy atom. The number of aromatic nitrogens is 1. The van der Waals surface area contributed by atoms with Gasteiger partial charge in [0.2, 0.25) is 100 Å². The van der Waals surface area contributed by atoms with E-state index < -0.39 is 217 Å². The number of carbonyl (C=O) groups is 17. The second-order valence-corrected chi connectivity index (χ2v) is 34.9. The summed E-state index contributed by atoms with van der Waals surface area (Å²) in [5.41, 5.74) is 19.5. The highest BCUT2D eigenvalue weighted by atomic mass is 32.2. The summed E-state index contributed by atoms with van der Waals surface area (Å²) in [6, 6.07) is -0.645. The molecule has 5 aromatic rings. The van der Waals surface area contributed by atoms with E-state index in [2.05, 4.69) is 58.2 Å². The number of nitrogens with two attached hydrogens (primary N) is 3. The van der Waals surface area contributed by atoms with Crippen molar-refractivity contribution in [2.45, 2.75) is 203 Å². The number of unbranched alkanes of at least 4 members (excludes halogenated alkanes) is 1. The summed E-state index contributed by atoms with van der Waals surface area (Å²) in [5, 5.41) is 50.7. The van der Waals surface area contributed by atoms with E-state index in [1.54, 1.807) is 62.0 Å².